The van der Waals surface area contributed by atoms with Crippen molar-refractivity contribution in [1.29, 1.82) is 0 Å². The van der Waals surface area contributed by atoms with Gasteiger partial charge in [0.25, 0.3) is 0 Å². The molecular weight excluding hydrogens is 236 g/mol. The van der Waals surface area contributed by atoms with Crippen LogP contribution in [0, 0.1) is 19.8 Å². The van der Waals surface area contributed by atoms with Crippen molar-refractivity contribution >= 4 is 5.97 Å². The summed E-state index contributed by atoms with van der Waals surface area (Å²) in [5.74, 6) is 0.287. The Balaban J connectivity index is 2.44. The van der Waals surface area contributed by atoms with Crippen molar-refractivity contribution < 1.29 is 9.53 Å². The Labute approximate surface area is 114 Å². The molecule has 0 aliphatic rings. The van der Waals surface area contributed by atoms with Gasteiger partial charge in [-0.3, -0.25) is 0 Å². The van der Waals surface area contributed by atoms with Gasteiger partial charge in [-0.05, 0) is 49.2 Å². The molecule has 2 aromatic carbocycles. The number of hydrogen-bond acceptors (Lipinski definition) is 2. The fourth-order valence-electron chi connectivity index (χ4n) is 1.94. The zero-order valence-electron chi connectivity index (χ0n) is 11.4. The predicted molar refractivity (Wildman–Crippen MR) is 75.8 cm³/mol. The van der Waals surface area contributed by atoms with Gasteiger partial charge in [0.05, 0.1) is 18.2 Å². The molecule has 0 radical (unpaired) electrons. The lowest BCUT2D eigenvalue weighted by Gasteiger charge is -2.09. The summed E-state index contributed by atoms with van der Waals surface area (Å²) in [5.41, 5.74) is 4.08. The second-order valence-electron chi connectivity index (χ2n) is 4.60. The maximum atomic E-state index is 12.0. The normalized spacial score (nSPS) is 10.1. The van der Waals surface area contributed by atoms with Gasteiger partial charge in [-0.1, -0.05) is 0 Å². The second kappa shape index (κ2) is 5.61. The average Bonchev–Trinajstić information content (AvgIpc) is 2.43. The van der Waals surface area contributed by atoms with Gasteiger partial charge in [0.15, 0.2) is 5.92 Å². The Morgan fingerprint density at radius 3 is 1.53 bits per heavy atom. The lowest BCUT2D eigenvalue weighted by molar-refractivity contribution is -0.137. The highest BCUT2D eigenvalue weighted by atomic mass is 16.5. The van der Waals surface area contributed by atoms with Gasteiger partial charge in [-0.15, -0.1) is 0 Å². The van der Waals surface area contributed by atoms with Crippen LogP contribution in [0.1, 0.15) is 22.3 Å². The molecule has 2 nitrogen and oxygen atoms in total. The molecule has 0 amide bonds. The number of benzene rings is 2. The Hall–Kier alpha value is -2.22. The topological polar surface area (TPSA) is 26.3 Å². The van der Waals surface area contributed by atoms with Crippen molar-refractivity contribution in [2.24, 2.45) is 0 Å². The number of carbonyl (C=O) groups is 1. The minimum absolute atomic E-state index is 0.312. The van der Waals surface area contributed by atoms with Crippen molar-refractivity contribution in [3.05, 3.63) is 76.7 Å². The fourth-order valence-corrected chi connectivity index (χ4v) is 1.94. The lowest BCUT2D eigenvalue weighted by atomic mass is 9.90. The van der Waals surface area contributed by atoms with Crippen LogP contribution >= 0.6 is 0 Å². The first-order valence-corrected chi connectivity index (χ1v) is 6.21. The minimum Gasteiger partial charge on any atom is -0.459 e. The van der Waals surface area contributed by atoms with Crippen LogP contribution in [0.3, 0.4) is 0 Å². The molecule has 0 unspecified atom stereocenters. The molecule has 0 atom stereocenters. The zero-order valence-corrected chi connectivity index (χ0v) is 11.4. The molecule has 2 rings (SSSR count). The molecule has 0 spiro atoms. The molecule has 0 aliphatic carbocycles. The highest BCUT2D eigenvalue weighted by molar-refractivity contribution is 5.94. The van der Waals surface area contributed by atoms with Crippen molar-refractivity contribution in [2.75, 3.05) is 7.11 Å². The van der Waals surface area contributed by atoms with Crippen LogP contribution in [-0.4, -0.2) is 13.1 Å². The monoisotopic (exact) mass is 253 g/mol. The van der Waals surface area contributed by atoms with E-state index in [-0.39, 0.29) is 5.97 Å². The third-order valence-corrected chi connectivity index (χ3v) is 3.07. The molecule has 0 saturated carbocycles. The van der Waals surface area contributed by atoms with Crippen LogP contribution in [0.25, 0.3) is 0 Å². The lowest BCUT2D eigenvalue weighted by Crippen LogP contribution is -2.16. The van der Waals surface area contributed by atoms with E-state index in [9.17, 15) is 4.79 Å². The number of carbonyl (C=O) groups excluding carboxylic acids is 1. The van der Waals surface area contributed by atoms with Gasteiger partial charge in [-0.25, -0.2) is 4.79 Å². The maximum Gasteiger partial charge on any atom is 0.375 e. The number of esters is 1. The molecule has 2 heteroatoms. The van der Waals surface area contributed by atoms with Crippen molar-refractivity contribution in [3.63, 3.8) is 0 Å². The number of aryl methyl sites for hydroxylation is 2. The van der Waals surface area contributed by atoms with Crippen LogP contribution in [-0.2, 0) is 9.53 Å². The molecule has 0 aromatic heterocycles. The summed E-state index contributed by atoms with van der Waals surface area (Å²) in [7, 11) is 1.41. The molecule has 19 heavy (non-hydrogen) atoms. The van der Waals surface area contributed by atoms with Crippen molar-refractivity contribution in [3.8, 4) is 0 Å². The van der Waals surface area contributed by atoms with E-state index in [4.69, 9.17) is 4.74 Å². The minimum atomic E-state index is -0.312. The van der Waals surface area contributed by atoms with Crippen LogP contribution in [0.5, 0.6) is 0 Å². The molecule has 96 valence electrons. The number of ether oxygens (including phenoxy) is 1. The van der Waals surface area contributed by atoms with Gasteiger partial charge in [0, 0.05) is 24.3 Å². The quantitative estimate of drug-likeness (QED) is 0.618. The van der Waals surface area contributed by atoms with E-state index in [1.54, 1.807) is 0 Å². The molecule has 2 aromatic rings. The largest absolute Gasteiger partial charge is 0.459 e. The first-order valence-electron chi connectivity index (χ1n) is 6.21. The van der Waals surface area contributed by atoms with E-state index in [0.717, 1.165) is 22.3 Å². The third kappa shape index (κ3) is 2.97. The molecular formula is C17H17O2+. The fraction of sp³-hybridized carbons (Fsp3) is 0.176. The van der Waals surface area contributed by atoms with E-state index in [2.05, 4.69) is 0 Å². The summed E-state index contributed by atoms with van der Waals surface area (Å²) in [6.45, 7) is 4.04. The third-order valence-electron chi connectivity index (χ3n) is 3.07. The second-order valence-corrected chi connectivity index (χ2v) is 4.60. The SMILES string of the molecule is COC(=O)[C+](c1ccc(C)cc1)c1ccc(C)cc1. The number of methoxy groups -OCH3 is 1. The molecule has 0 heterocycles. The van der Waals surface area contributed by atoms with Crippen molar-refractivity contribution in [1.82, 2.24) is 0 Å². The maximum absolute atomic E-state index is 12.0. The van der Waals surface area contributed by atoms with Gasteiger partial charge >= 0.3 is 5.97 Å². The summed E-state index contributed by atoms with van der Waals surface area (Å²) in [6, 6.07) is 15.8. The van der Waals surface area contributed by atoms with Crippen LogP contribution in [0.2, 0.25) is 0 Å². The Morgan fingerprint density at radius 1 is 0.842 bits per heavy atom. The van der Waals surface area contributed by atoms with Gasteiger partial charge in [-0.2, -0.15) is 0 Å². The van der Waals surface area contributed by atoms with E-state index < -0.39 is 0 Å². The van der Waals surface area contributed by atoms with Gasteiger partial charge in [0.1, 0.15) is 0 Å². The molecule has 0 N–H and O–H groups in total. The molecule has 0 bridgehead atoms. The van der Waals surface area contributed by atoms with Crippen LogP contribution < -0.4 is 0 Å². The highest BCUT2D eigenvalue weighted by Crippen LogP contribution is 2.25. The van der Waals surface area contributed by atoms with Crippen molar-refractivity contribution in [2.45, 2.75) is 13.8 Å². The standard InChI is InChI=1S/C17H17O2/c1-12-4-8-14(9-5-12)16(17(18)19-3)15-10-6-13(2)7-11-15/h4-11H,1-3H3/q+1. The Kier molecular flexibility index (Phi) is 3.91. The first kappa shape index (κ1) is 13.2. The van der Waals surface area contributed by atoms with E-state index >= 15 is 0 Å². The van der Waals surface area contributed by atoms with E-state index in [0.29, 0.717) is 5.92 Å². The summed E-state index contributed by atoms with van der Waals surface area (Å²) < 4.78 is 4.91. The summed E-state index contributed by atoms with van der Waals surface area (Å²) in [6.07, 6.45) is 0. The summed E-state index contributed by atoms with van der Waals surface area (Å²) in [5, 5.41) is 0. The van der Waals surface area contributed by atoms with Gasteiger partial charge in [0.2, 0.25) is 0 Å². The molecule has 0 aliphatic heterocycles. The average molecular weight is 253 g/mol. The number of rotatable bonds is 3. The van der Waals surface area contributed by atoms with Crippen LogP contribution in [0.4, 0.5) is 0 Å². The summed E-state index contributed by atoms with van der Waals surface area (Å²) in [4.78, 5) is 12.0. The smallest absolute Gasteiger partial charge is 0.375 e. The van der Waals surface area contributed by atoms with E-state index in [1.165, 1.54) is 7.11 Å². The highest BCUT2D eigenvalue weighted by Gasteiger charge is 2.29. The van der Waals surface area contributed by atoms with Gasteiger partial charge < -0.3 is 4.74 Å². The summed E-state index contributed by atoms with van der Waals surface area (Å²) >= 11 is 0. The zero-order chi connectivity index (χ0) is 13.8. The Morgan fingerprint density at radius 2 is 1.21 bits per heavy atom. The Bertz CT molecular complexity index is 507. The molecule has 0 fully saturated rings. The first-order chi connectivity index (χ1) is 9.11. The number of hydrogen-bond donors (Lipinski definition) is 0. The van der Waals surface area contributed by atoms with Crippen LogP contribution in [0.15, 0.2) is 48.5 Å². The molecule has 0 saturated heterocycles. The van der Waals surface area contributed by atoms with E-state index in [1.807, 2.05) is 62.4 Å². The predicted octanol–water partition coefficient (Wildman–Crippen LogP) is 3.45.